The molecule has 0 aliphatic heterocycles. The zero-order chi connectivity index (χ0) is 24.1. The third-order valence-electron chi connectivity index (χ3n) is 4.35. The lowest BCUT2D eigenvalue weighted by Gasteiger charge is -2.32. The quantitative estimate of drug-likeness (QED) is 0.106. The number of hydrogen-bond acceptors (Lipinski definition) is 11. The van der Waals surface area contributed by atoms with Crippen LogP contribution >= 0.6 is 25.3 Å². The molecule has 1 atom stereocenters. The molecule has 0 saturated carbocycles. The molecule has 1 unspecified atom stereocenters. The number of esters is 3. The number of hydrogen-bond donors (Lipinski definition) is 2. The van der Waals surface area contributed by atoms with Crippen molar-refractivity contribution in [3.63, 3.8) is 0 Å². The Kier molecular flexibility index (Phi) is 19.9. The van der Waals surface area contributed by atoms with Crippen LogP contribution in [-0.4, -0.2) is 88.9 Å². The van der Waals surface area contributed by atoms with Gasteiger partial charge in [0.05, 0.1) is 51.8 Å². The lowest BCUT2D eigenvalue weighted by atomic mass is 9.88. The Bertz CT molecular complexity index is 489. The van der Waals surface area contributed by atoms with Crippen LogP contribution in [-0.2, 0) is 42.8 Å². The van der Waals surface area contributed by atoms with Crippen molar-refractivity contribution in [2.75, 3.05) is 71.0 Å². The average Bonchev–Trinajstić information content (AvgIpc) is 2.78. The van der Waals surface area contributed by atoms with E-state index in [9.17, 15) is 14.4 Å². The van der Waals surface area contributed by atoms with Gasteiger partial charge in [0.2, 0.25) is 0 Å². The highest BCUT2D eigenvalue weighted by atomic mass is 32.1. The summed E-state index contributed by atoms with van der Waals surface area (Å²) in [6.45, 7) is 6.07. The summed E-state index contributed by atoms with van der Waals surface area (Å²) < 4.78 is 32.2. The van der Waals surface area contributed by atoms with Crippen molar-refractivity contribution in [3.8, 4) is 0 Å². The van der Waals surface area contributed by atoms with E-state index in [1.54, 1.807) is 0 Å². The second-order valence-electron chi connectivity index (χ2n) is 7.05. The van der Waals surface area contributed by atoms with Gasteiger partial charge in [-0.3, -0.25) is 14.4 Å². The van der Waals surface area contributed by atoms with Gasteiger partial charge in [-0.2, -0.15) is 25.3 Å². The van der Waals surface area contributed by atoms with E-state index >= 15 is 0 Å². The van der Waals surface area contributed by atoms with Gasteiger partial charge in [0, 0.05) is 17.6 Å². The lowest BCUT2D eigenvalue weighted by molar-refractivity contribution is -0.146. The first-order valence-corrected chi connectivity index (χ1v) is 12.1. The fraction of sp³-hybridized carbons (Fsp3) is 0.857. The molecule has 0 spiro atoms. The molecule has 32 heavy (non-hydrogen) atoms. The van der Waals surface area contributed by atoms with Gasteiger partial charge in [-0.15, -0.1) is 0 Å². The molecule has 0 radical (unpaired) electrons. The SMILES string of the molecule is CCCC(=O)OCCOCC(CC)(COCCOC(=O)CS)COCCOC(=O)CCS. The molecule has 0 heterocycles. The molecule has 0 rings (SSSR count). The maximum absolute atomic E-state index is 11.4. The zero-order valence-electron chi connectivity index (χ0n) is 19.2. The van der Waals surface area contributed by atoms with E-state index in [1.807, 2.05) is 13.8 Å². The monoisotopic (exact) mass is 498 g/mol. The van der Waals surface area contributed by atoms with Gasteiger partial charge >= 0.3 is 17.9 Å². The summed E-state index contributed by atoms with van der Waals surface area (Å²) in [5.74, 6) is -0.514. The van der Waals surface area contributed by atoms with Crippen molar-refractivity contribution in [2.45, 2.75) is 39.5 Å². The Morgan fingerprint density at radius 3 is 1.47 bits per heavy atom. The number of carbonyl (C=O) groups excluding carboxylic acids is 3. The Balaban J connectivity index is 4.49. The maximum atomic E-state index is 11.4. The molecule has 0 aromatic heterocycles. The molecule has 0 N–H and O–H groups in total. The topological polar surface area (TPSA) is 107 Å². The van der Waals surface area contributed by atoms with Crippen LogP contribution in [0.25, 0.3) is 0 Å². The van der Waals surface area contributed by atoms with Gasteiger partial charge in [0.25, 0.3) is 0 Å². The van der Waals surface area contributed by atoms with Crippen LogP contribution in [0.1, 0.15) is 39.5 Å². The van der Waals surface area contributed by atoms with Crippen LogP contribution in [0.3, 0.4) is 0 Å². The standard InChI is InChI=1S/C21H38O9S2/c1-3-5-18(22)28-10-7-25-15-21(4-2,17-27-9-12-30-20(24)14-32)16-26-8-11-29-19(23)6-13-31/h31-32H,3-17H2,1-2H3. The van der Waals surface area contributed by atoms with Crippen LogP contribution in [0.4, 0.5) is 0 Å². The third-order valence-corrected chi connectivity index (χ3v) is 4.83. The molecule has 188 valence electrons. The van der Waals surface area contributed by atoms with E-state index in [0.29, 0.717) is 38.4 Å². The molecular formula is C21H38O9S2. The molecule has 0 bridgehead atoms. The Hall–Kier alpha value is -1.01. The fourth-order valence-corrected chi connectivity index (χ4v) is 2.70. The second kappa shape index (κ2) is 20.6. The smallest absolute Gasteiger partial charge is 0.315 e. The third kappa shape index (κ3) is 16.6. The highest BCUT2D eigenvalue weighted by Gasteiger charge is 2.30. The Labute approximate surface area is 202 Å². The number of thiol groups is 2. The van der Waals surface area contributed by atoms with E-state index in [1.165, 1.54) is 0 Å². The van der Waals surface area contributed by atoms with Crippen molar-refractivity contribution < 1.29 is 42.8 Å². The summed E-state index contributed by atoms with van der Waals surface area (Å²) in [5, 5.41) is 0. The Morgan fingerprint density at radius 1 is 0.656 bits per heavy atom. The molecule has 0 aromatic carbocycles. The molecule has 11 heteroatoms. The molecule has 0 saturated heterocycles. The van der Waals surface area contributed by atoms with Gasteiger partial charge in [0.15, 0.2) is 0 Å². The second-order valence-corrected chi connectivity index (χ2v) is 7.82. The summed E-state index contributed by atoms with van der Waals surface area (Å²) in [6, 6.07) is 0. The molecule has 0 aromatic rings. The molecule has 9 nitrogen and oxygen atoms in total. The minimum Gasteiger partial charge on any atom is -0.463 e. The summed E-state index contributed by atoms with van der Waals surface area (Å²) in [5.41, 5.74) is -0.462. The van der Waals surface area contributed by atoms with Crippen molar-refractivity contribution in [1.82, 2.24) is 0 Å². The first kappa shape index (κ1) is 31.0. The highest BCUT2D eigenvalue weighted by Crippen LogP contribution is 2.24. The minimum atomic E-state index is -0.462. The van der Waals surface area contributed by atoms with Crippen molar-refractivity contribution in [2.24, 2.45) is 5.41 Å². The van der Waals surface area contributed by atoms with E-state index in [0.717, 1.165) is 6.42 Å². The van der Waals surface area contributed by atoms with Crippen LogP contribution in [0.5, 0.6) is 0 Å². The lowest BCUT2D eigenvalue weighted by Crippen LogP contribution is -2.38. The normalized spacial score (nSPS) is 12.8. The number of rotatable bonds is 21. The van der Waals surface area contributed by atoms with E-state index in [4.69, 9.17) is 28.4 Å². The van der Waals surface area contributed by atoms with Crippen molar-refractivity contribution in [3.05, 3.63) is 0 Å². The van der Waals surface area contributed by atoms with E-state index in [-0.39, 0.29) is 63.8 Å². The van der Waals surface area contributed by atoms with Crippen LogP contribution < -0.4 is 0 Å². The summed E-state index contributed by atoms with van der Waals surface area (Å²) in [6.07, 6.45) is 2.07. The molecular weight excluding hydrogens is 460 g/mol. The summed E-state index contributed by atoms with van der Waals surface area (Å²) >= 11 is 7.83. The number of carbonyl (C=O) groups is 3. The first-order valence-electron chi connectivity index (χ1n) is 10.8. The number of ether oxygens (including phenoxy) is 6. The van der Waals surface area contributed by atoms with Gasteiger partial charge in [-0.25, -0.2) is 0 Å². The predicted molar refractivity (Wildman–Crippen MR) is 125 cm³/mol. The Morgan fingerprint density at radius 2 is 1.09 bits per heavy atom. The average molecular weight is 499 g/mol. The summed E-state index contributed by atoms with van der Waals surface area (Å²) in [7, 11) is 0. The minimum absolute atomic E-state index is 0.0158. The molecule has 0 amide bonds. The van der Waals surface area contributed by atoms with Crippen LogP contribution in [0.15, 0.2) is 0 Å². The van der Waals surface area contributed by atoms with Crippen molar-refractivity contribution in [1.29, 1.82) is 0 Å². The summed E-state index contributed by atoms with van der Waals surface area (Å²) in [4.78, 5) is 33.9. The maximum Gasteiger partial charge on any atom is 0.315 e. The fourth-order valence-electron chi connectivity index (χ4n) is 2.43. The largest absolute Gasteiger partial charge is 0.463 e. The zero-order valence-corrected chi connectivity index (χ0v) is 21.0. The molecule has 0 aliphatic carbocycles. The highest BCUT2D eigenvalue weighted by molar-refractivity contribution is 7.81. The van der Waals surface area contributed by atoms with Gasteiger partial charge in [0.1, 0.15) is 19.8 Å². The van der Waals surface area contributed by atoms with E-state index < -0.39 is 11.4 Å². The predicted octanol–water partition coefficient (Wildman–Crippen LogP) is 2.11. The molecule has 0 aliphatic rings. The van der Waals surface area contributed by atoms with Gasteiger partial charge in [-0.05, 0) is 12.8 Å². The van der Waals surface area contributed by atoms with Gasteiger partial charge in [-0.1, -0.05) is 13.8 Å². The van der Waals surface area contributed by atoms with Crippen LogP contribution in [0.2, 0.25) is 0 Å². The molecule has 0 fully saturated rings. The van der Waals surface area contributed by atoms with Crippen molar-refractivity contribution >= 4 is 43.2 Å². The van der Waals surface area contributed by atoms with Gasteiger partial charge < -0.3 is 28.4 Å². The first-order chi connectivity index (χ1) is 15.4. The van der Waals surface area contributed by atoms with Crippen LogP contribution in [0, 0.1) is 5.41 Å². The van der Waals surface area contributed by atoms with E-state index in [2.05, 4.69) is 25.3 Å².